The highest BCUT2D eigenvalue weighted by molar-refractivity contribution is 8.00. The fourth-order valence-corrected chi connectivity index (χ4v) is 11.1. The van der Waals surface area contributed by atoms with Gasteiger partial charge in [-0.3, -0.25) is 0 Å². The Morgan fingerprint density at radius 1 is 0.276 bits per heavy atom. The Balaban J connectivity index is 1.18. The maximum absolute atomic E-state index is 2.45. The van der Waals surface area contributed by atoms with Gasteiger partial charge in [-0.2, -0.15) is 0 Å². The second-order valence-corrected chi connectivity index (χ2v) is 17.1. The summed E-state index contributed by atoms with van der Waals surface area (Å²) in [7, 11) is 0. The van der Waals surface area contributed by atoms with Crippen molar-refractivity contribution >= 4 is 90.0 Å². The van der Waals surface area contributed by atoms with Crippen LogP contribution >= 0.6 is 23.5 Å². The van der Waals surface area contributed by atoms with Crippen molar-refractivity contribution in [1.82, 2.24) is 0 Å². The molecule has 0 unspecified atom stereocenters. The number of hydrogen-bond acceptors (Lipinski definition) is 4. The zero-order valence-corrected chi connectivity index (χ0v) is 33.0. The van der Waals surface area contributed by atoms with Gasteiger partial charge in [-0.05, 0) is 133 Å². The Kier molecular flexibility index (Phi) is 7.75. The van der Waals surface area contributed by atoms with E-state index in [-0.39, 0.29) is 0 Å². The van der Waals surface area contributed by atoms with Crippen LogP contribution in [0.2, 0.25) is 0 Å². The standard InChI is InChI=1S/C54H34N2S2/c1-2-15-36(16-3-1)53-41-30-28-40(56-47-20-8-12-24-51(47)58-52-25-13-9-21-48(52)56)34-44(41)54(38-27-26-35-14-4-5-17-37(35)32-38)42-31-29-39(33-43(42)53)55-45-18-6-10-22-49(45)57-50-23-11-7-19-46(50)55/h1-34H. The second-order valence-electron chi connectivity index (χ2n) is 14.9. The van der Waals surface area contributed by atoms with E-state index >= 15 is 0 Å². The van der Waals surface area contributed by atoms with Gasteiger partial charge in [0.15, 0.2) is 0 Å². The molecule has 58 heavy (non-hydrogen) atoms. The highest BCUT2D eigenvalue weighted by Crippen LogP contribution is 2.55. The quantitative estimate of drug-likeness (QED) is 0.164. The summed E-state index contributed by atoms with van der Waals surface area (Å²) in [6.45, 7) is 0. The first-order valence-electron chi connectivity index (χ1n) is 19.7. The predicted molar refractivity (Wildman–Crippen MR) is 247 cm³/mol. The number of benzene rings is 10. The summed E-state index contributed by atoms with van der Waals surface area (Å²) < 4.78 is 0. The van der Waals surface area contributed by atoms with Crippen LogP contribution in [0, 0.1) is 0 Å². The lowest BCUT2D eigenvalue weighted by Gasteiger charge is -2.33. The zero-order valence-electron chi connectivity index (χ0n) is 31.3. The SMILES string of the molecule is c1ccc(-c2c3ccc(N4c5ccccc5Sc5ccccc54)cc3c(-c3ccc4ccccc4c3)c3ccc(N4c5ccccc5Sc5ccccc54)cc23)cc1. The number of rotatable bonds is 4. The Morgan fingerprint density at radius 2 is 0.690 bits per heavy atom. The number of fused-ring (bicyclic) bond motifs is 7. The van der Waals surface area contributed by atoms with Gasteiger partial charge < -0.3 is 9.80 Å². The van der Waals surface area contributed by atoms with Crippen molar-refractivity contribution in [3.8, 4) is 22.3 Å². The van der Waals surface area contributed by atoms with E-state index in [0.717, 1.165) is 11.4 Å². The van der Waals surface area contributed by atoms with E-state index < -0.39 is 0 Å². The average molecular weight is 775 g/mol. The van der Waals surface area contributed by atoms with Crippen LogP contribution in [0.5, 0.6) is 0 Å². The molecule has 0 amide bonds. The van der Waals surface area contributed by atoms with Crippen molar-refractivity contribution < 1.29 is 0 Å². The van der Waals surface area contributed by atoms with E-state index in [2.05, 4.69) is 216 Å². The summed E-state index contributed by atoms with van der Waals surface area (Å²) in [5.41, 5.74) is 12.0. The van der Waals surface area contributed by atoms with Crippen molar-refractivity contribution in [3.05, 3.63) is 206 Å². The van der Waals surface area contributed by atoms with Crippen LogP contribution in [-0.4, -0.2) is 0 Å². The van der Waals surface area contributed by atoms with Gasteiger partial charge in [0.2, 0.25) is 0 Å². The minimum atomic E-state index is 1.14. The van der Waals surface area contributed by atoms with Gasteiger partial charge in [0.05, 0.1) is 22.7 Å². The molecule has 0 aromatic heterocycles. The molecule has 272 valence electrons. The summed E-state index contributed by atoms with van der Waals surface area (Å²) in [5.74, 6) is 0. The Hall–Kier alpha value is -6.72. The maximum Gasteiger partial charge on any atom is 0.0601 e. The van der Waals surface area contributed by atoms with Gasteiger partial charge in [-0.15, -0.1) is 0 Å². The molecule has 10 aromatic carbocycles. The zero-order chi connectivity index (χ0) is 38.2. The monoisotopic (exact) mass is 774 g/mol. The normalized spacial score (nSPS) is 13.0. The molecule has 0 spiro atoms. The molecule has 0 aliphatic carbocycles. The van der Waals surface area contributed by atoms with Crippen molar-refractivity contribution in [2.45, 2.75) is 19.6 Å². The summed E-state index contributed by atoms with van der Waals surface area (Å²) in [4.78, 5) is 9.92. The third-order valence-corrected chi connectivity index (χ3v) is 13.8. The molecule has 0 saturated heterocycles. The molecule has 12 rings (SSSR count). The van der Waals surface area contributed by atoms with Crippen LogP contribution in [0.15, 0.2) is 226 Å². The molecular weight excluding hydrogens is 741 g/mol. The molecule has 0 fully saturated rings. The Bertz CT molecular complexity index is 3170. The fraction of sp³-hybridized carbons (Fsp3) is 0. The van der Waals surface area contributed by atoms with E-state index in [9.17, 15) is 0 Å². The number of hydrogen-bond donors (Lipinski definition) is 0. The van der Waals surface area contributed by atoms with E-state index in [1.807, 2.05) is 23.5 Å². The van der Waals surface area contributed by atoms with Crippen LogP contribution in [0.25, 0.3) is 54.6 Å². The van der Waals surface area contributed by atoms with Crippen LogP contribution < -0.4 is 9.80 Å². The van der Waals surface area contributed by atoms with E-state index in [1.54, 1.807) is 0 Å². The smallest absolute Gasteiger partial charge is 0.0601 e. The molecule has 2 nitrogen and oxygen atoms in total. The third-order valence-electron chi connectivity index (χ3n) is 11.6. The first-order valence-corrected chi connectivity index (χ1v) is 21.3. The molecule has 0 bridgehead atoms. The highest BCUT2D eigenvalue weighted by atomic mass is 32.2. The largest absolute Gasteiger partial charge is 0.308 e. The van der Waals surface area contributed by atoms with Gasteiger partial charge in [-0.1, -0.05) is 151 Å². The first-order chi connectivity index (χ1) is 28.8. The van der Waals surface area contributed by atoms with E-state index in [1.165, 1.54) is 96.9 Å². The van der Waals surface area contributed by atoms with Gasteiger partial charge in [0.1, 0.15) is 0 Å². The predicted octanol–water partition coefficient (Wildman–Crippen LogP) is 16.3. The molecule has 2 aliphatic rings. The van der Waals surface area contributed by atoms with Gasteiger partial charge in [0.25, 0.3) is 0 Å². The molecule has 10 aromatic rings. The van der Waals surface area contributed by atoms with Crippen LogP contribution in [0.3, 0.4) is 0 Å². The Labute approximate surface area is 346 Å². The number of para-hydroxylation sites is 4. The lowest BCUT2D eigenvalue weighted by molar-refractivity contribution is 1.17. The molecule has 2 heterocycles. The summed E-state index contributed by atoms with van der Waals surface area (Å²) in [5, 5.41) is 7.38. The van der Waals surface area contributed by atoms with E-state index in [4.69, 9.17) is 0 Å². The number of anilines is 6. The Morgan fingerprint density at radius 3 is 1.19 bits per heavy atom. The molecule has 0 atom stereocenters. The molecular formula is C54H34N2S2. The van der Waals surface area contributed by atoms with Crippen LogP contribution in [0.1, 0.15) is 0 Å². The van der Waals surface area contributed by atoms with Crippen molar-refractivity contribution in [3.63, 3.8) is 0 Å². The summed E-state index contributed by atoms with van der Waals surface area (Å²) in [6, 6.07) is 76.0. The minimum absolute atomic E-state index is 1.14. The highest BCUT2D eigenvalue weighted by Gasteiger charge is 2.28. The van der Waals surface area contributed by atoms with Crippen LogP contribution in [0.4, 0.5) is 34.1 Å². The molecule has 2 aliphatic heterocycles. The molecule has 0 saturated carbocycles. The third kappa shape index (κ3) is 5.30. The van der Waals surface area contributed by atoms with E-state index in [0.29, 0.717) is 0 Å². The van der Waals surface area contributed by atoms with Gasteiger partial charge in [0, 0.05) is 31.0 Å². The maximum atomic E-state index is 2.45. The van der Waals surface area contributed by atoms with Gasteiger partial charge in [-0.25, -0.2) is 0 Å². The lowest BCUT2D eigenvalue weighted by atomic mass is 9.85. The van der Waals surface area contributed by atoms with Crippen LogP contribution in [-0.2, 0) is 0 Å². The summed E-state index contributed by atoms with van der Waals surface area (Å²) >= 11 is 3.69. The average Bonchev–Trinajstić information content (AvgIpc) is 3.29. The first kappa shape index (κ1) is 33.4. The summed E-state index contributed by atoms with van der Waals surface area (Å²) in [6.07, 6.45) is 0. The van der Waals surface area contributed by atoms with Crippen molar-refractivity contribution in [2.24, 2.45) is 0 Å². The minimum Gasteiger partial charge on any atom is -0.308 e. The molecule has 0 radical (unpaired) electrons. The van der Waals surface area contributed by atoms with Crippen molar-refractivity contribution in [1.29, 1.82) is 0 Å². The second kappa shape index (κ2) is 13.5. The molecule has 0 N–H and O–H groups in total. The van der Waals surface area contributed by atoms with Gasteiger partial charge >= 0.3 is 0 Å². The molecule has 4 heteroatoms. The lowest BCUT2D eigenvalue weighted by Crippen LogP contribution is -2.15. The topological polar surface area (TPSA) is 6.48 Å². The fourth-order valence-electron chi connectivity index (χ4n) is 9.02. The number of nitrogens with zero attached hydrogens (tertiary/aromatic N) is 2. The van der Waals surface area contributed by atoms with Crippen molar-refractivity contribution in [2.75, 3.05) is 9.80 Å².